The zero-order chi connectivity index (χ0) is 16.4. The van der Waals surface area contributed by atoms with Crippen LogP contribution in [0.4, 0.5) is 10.7 Å². The number of amides is 1. The fourth-order valence-electron chi connectivity index (χ4n) is 2.71. The van der Waals surface area contributed by atoms with E-state index in [1.54, 1.807) is 18.3 Å². The van der Waals surface area contributed by atoms with Crippen molar-refractivity contribution in [2.24, 2.45) is 10.7 Å². The first kappa shape index (κ1) is 15.4. The minimum atomic E-state index is -0.445. The maximum absolute atomic E-state index is 11.8. The Hall–Kier alpha value is -2.54. The molecule has 1 aliphatic carbocycles. The zero-order valence-corrected chi connectivity index (χ0v) is 13.1. The lowest BCUT2D eigenvalue weighted by atomic mass is 9.95. The summed E-state index contributed by atoms with van der Waals surface area (Å²) in [6.45, 7) is 0. The van der Waals surface area contributed by atoms with Gasteiger partial charge in [-0.2, -0.15) is 0 Å². The summed E-state index contributed by atoms with van der Waals surface area (Å²) in [7, 11) is 0. The first-order valence-electron chi connectivity index (χ1n) is 7.29. The second-order valence-corrected chi connectivity index (χ2v) is 6.45. The molecule has 118 valence electrons. The molecule has 3 rings (SSSR count). The van der Waals surface area contributed by atoms with E-state index < -0.39 is 10.8 Å². The van der Waals surface area contributed by atoms with E-state index in [4.69, 9.17) is 5.73 Å². The molecule has 0 fully saturated rings. The molecule has 23 heavy (non-hydrogen) atoms. The third-order valence-electron chi connectivity index (χ3n) is 3.83. The summed E-state index contributed by atoms with van der Waals surface area (Å²) in [6.07, 6.45) is 5.63. The summed E-state index contributed by atoms with van der Waals surface area (Å²) >= 11 is 1.51. The molecule has 0 saturated heterocycles. The number of primary amides is 1. The first-order valence-corrected chi connectivity index (χ1v) is 8.11. The van der Waals surface area contributed by atoms with Gasteiger partial charge in [0.1, 0.15) is 5.00 Å². The molecule has 1 aromatic heterocycles. The number of non-ortho nitro benzene ring substituents is 1. The highest BCUT2D eigenvalue weighted by Crippen LogP contribution is 2.39. The summed E-state index contributed by atoms with van der Waals surface area (Å²) in [5.74, 6) is -0.444. The Morgan fingerprint density at radius 2 is 1.96 bits per heavy atom. The van der Waals surface area contributed by atoms with Crippen LogP contribution in [0.1, 0.15) is 39.2 Å². The largest absolute Gasteiger partial charge is 0.365 e. The van der Waals surface area contributed by atoms with Crippen LogP contribution in [0.15, 0.2) is 29.3 Å². The topological polar surface area (TPSA) is 98.6 Å². The highest BCUT2D eigenvalue weighted by molar-refractivity contribution is 7.16. The summed E-state index contributed by atoms with van der Waals surface area (Å²) in [5, 5.41) is 11.3. The third kappa shape index (κ3) is 3.14. The molecule has 7 heteroatoms. The number of nitro benzene ring substituents is 1. The van der Waals surface area contributed by atoms with Gasteiger partial charge in [-0.1, -0.05) is 0 Å². The van der Waals surface area contributed by atoms with Crippen molar-refractivity contribution in [3.8, 4) is 0 Å². The van der Waals surface area contributed by atoms with Gasteiger partial charge >= 0.3 is 0 Å². The normalized spacial score (nSPS) is 13.9. The molecule has 0 unspecified atom stereocenters. The van der Waals surface area contributed by atoms with E-state index in [1.807, 2.05) is 0 Å². The number of nitrogens with zero attached hydrogens (tertiary/aromatic N) is 2. The number of aryl methyl sites for hydroxylation is 1. The lowest BCUT2D eigenvalue weighted by Crippen LogP contribution is -2.14. The molecule has 2 aromatic rings. The molecule has 0 radical (unpaired) electrons. The number of benzene rings is 1. The van der Waals surface area contributed by atoms with E-state index in [1.165, 1.54) is 28.3 Å². The SMILES string of the molecule is NC(=O)c1c(/N=C/c2ccc([N+](=O)[O-])cc2)sc2c1CCCC2. The van der Waals surface area contributed by atoms with Crippen LogP contribution in [0, 0.1) is 10.1 Å². The molecule has 0 saturated carbocycles. The lowest BCUT2D eigenvalue weighted by molar-refractivity contribution is -0.384. The molecular formula is C16H15N3O3S. The summed E-state index contributed by atoms with van der Waals surface area (Å²) < 4.78 is 0. The van der Waals surface area contributed by atoms with Crippen LogP contribution in [-0.4, -0.2) is 17.0 Å². The van der Waals surface area contributed by atoms with E-state index in [9.17, 15) is 14.9 Å². The molecular weight excluding hydrogens is 314 g/mol. The minimum Gasteiger partial charge on any atom is -0.365 e. The average molecular weight is 329 g/mol. The Kier molecular flexibility index (Phi) is 4.20. The van der Waals surface area contributed by atoms with Gasteiger partial charge in [0.15, 0.2) is 0 Å². The molecule has 0 bridgehead atoms. The Morgan fingerprint density at radius 1 is 1.26 bits per heavy atom. The average Bonchev–Trinajstić information content (AvgIpc) is 2.91. The fourth-order valence-corrected chi connectivity index (χ4v) is 3.95. The molecule has 0 atom stereocenters. The molecule has 1 aromatic carbocycles. The van der Waals surface area contributed by atoms with Crippen LogP contribution in [0.5, 0.6) is 0 Å². The molecule has 1 aliphatic rings. The van der Waals surface area contributed by atoms with E-state index in [0.717, 1.165) is 36.8 Å². The lowest BCUT2D eigenvalue weighted by Gasteiger charge is -2.10. The zero-order valence-electron chi connectivity index (χ0n) is 12.3. The van der Waals surface area contributed by atoms with Gasteiger partial charge in [-0.3, -0.25) is 14.9 Å². The maximum Gasteiger partial charge on any atom is 0.269 e. The van der Waals surface area contributed by atoms with Crippen LogP contribution >= 0.6 is 11.3 Å². The van der Waals surface area contributed by atoms with Crippen LogP contribution in [0.3, 0.4) is 0 Å². The van der Waals surface area contributed by atoms with Crippen LogP contribution < -0.4 is 5.73 Å². The van der Waals surface area contributed by atoms with Crippen LogP contribution in [0.25, 0.3) is 0 Å². The number of hydrogen-bond donors (Lipinski definition) is 1. The van der Waals surface area contributed by atoms with Gasteiger partial charge in [0.2, 0.25) is 0 Å². The van der Waals surface area contributed by atoms with Crippen molar-refractivity contribution in [1.82, 2.24) is 0 Å². The Balaban J connectivity index is 1.91. The summed E-state index contributed by atoms with van der Waals surface area (Å²) in [4.78, 5) is 27.6. The van der Waals surface area contributed by atoms with E-state index >= 15 is 0 Å². The van der Waals surface area contributed by atoms with Crippen LogP contribution in [0.2, 0.25) is 0 Å². The third-order valence-corrected chi connectivity index (χ3v) is 5.03. The van der Waals surface area contributed by atoms with Gasteiger partial charge in [0, 0.05) is 23.2 Å². The standard InChI is InChI=1S/C16H15N3O3S/c17-15(20)14-12-3-1-2-4-13(12)23-16(14)18-9-10-5-7-11(8-6-10)19(21)22/h5-9H,1-4H2,(H2,17,20)/b18-9+. The molecule has 1 heterocycles. The van der Waals surface area contributed by atoms with Gasteiger partial charge in [-0.15, -0.1) is 11.3 Å². The summed E-state index contributed by atoms with van der Waals surface area (Å²) in [6, 6.07) is 6.10. The van der Waals surface area contributed by atoms with Gasteiger partial charge in [-0.25, -0.2) is 4.99 Å². The van der Waals surface area contributed by atoms with Crippen molar-refractivity contribution >= 4 is 34.1 Å². The molecule has 6 nitrogen and oxygen atoms in total. The maximum atomic E-state index is 11.8. The number of rotatable bonds is 4. The smallest absolute Gasteiger partial charge is 0.269 e. The predicted molar refractivity (Wildman–Crippen MR) is 89.8 cm³/mol. The van der Waals surface area contributed by atoms with E-state index in [-0.39, 0.29) is 5.69 Å². The number of nitro groups is 1. The van der Waals surface area contributed by atoms with Crippen molar-refractivity contribution in [2.75, 3.05) is 0 Å². The minimum absolute atomic E-state index is 0.0339. The van der Waals surface area contributed by atoms with Crippen molar-refractivity contribution in [3.05, 3.63) is 55.9 Å². The van der Waals surface area contributed by atoms with E-state index in [2.05, 4.69) is 4.99 Å². The number of fused-ring (bicyclic) bond motifs is 1. The number of carbonyl (C=O) groups excluding carboxylic acids is 1. The quantitative estimate of drug-likeness (QED) is 0.529. The van der Waals surface area contributed by atoms with E-state index in [0.29, 0.717) is 10.6 Å². The number of carbonyl (C=O) groups is 1. The van der Waals surface area contributed by atoms with Crippen molar-refractivity contribution in [3.63, 3.8) is 0 Å². The highest BCUT2D eigenvalue weighted by Gasteiger charge is 2.23. The van der Waals surface area contributed by atoms with Gasteiger partial charge < -0.3 is 5.73 Å². The molecule has 0 aliphatic heterocycles. The Morgan fingerprint density at radius 3 is 2.61 bits per heavy atom. The molecule has 0 spiro atoms. The second kappa shape index (κ2) is 6.29. The number of nitrogens with two attached hydrogens (primary N) is 1. The second-order valence-electron chi connectivity index (χ2n) is 5.36. The van der Waals surface area contributed by atoms with Gasteiger partial charge in [0.25, 0.3) is 11.6 Å². The number of hydrogen-bond acceptors (Lipinski definition) is 5. The monoisotopic (exact) mass is 329 g/mol. The van der Waals surface area contributed by atoms with Gasteiger partial charge in [-0.05, 0) is 48.9 Å². The van der Waals surface area contributed by atoms with Gasteiger partial charge in [0.05, 0.1) is 10.5 Å². The fraction of sp³-hybridized carbons (Fsp3) is 0.250. The number of thiophene rings is 1. The van der Waals surface area contributed by atoms with Crippen molar-refractivity contribution in [1.29, 1.82) is 0 Å². The van der Waals surface area contributed by atoms with Crippen molar-refractivity contribution < 1.29 is 9.72 Å². The molecule has 1 amide bonds. The highest BCUT2D eigenvalue weighted by atomic mass is 32.1. The van der Waals surface area contributed by atoms with Crippen LogP contribution in [-0.2, 0) is 12.8 Å². The summed E-state index contributed by atoms with van der Waals surface area (Å²) in [5.41, 5.74) is 7.87. The first-order chi connectivity index (χ1) is 11.1. The Labute approximate surface area is 136 Å². The predicted octanol–water partition coefficient (Wildman–Crippen LogP) is 3.38. The van der Waals surface area contributed by atoms with Crippen molar-refractivity contribution in [2.45, 2.75) is 25.7 Å². The Bertz CT molecular complexity index is 794. The number of aliphatic imine (C=N–C) groups is 1. The molecule has 2 N–H and O–H groups in total.